The van der Waals surface area contributed by atoms with E-state index in [4.69, 9.17) is 5.26 Å². The first-order chi connectivity index (χ1) is 9.17. The van der Waals surface area contributed by atoms with E-state index in [1.54, 1.807) is 17.8 Å². The molecular weight excluding hydrogens is 256 g/mol. The van der Waals surface area contributed by atoms with Gasteiger partial charge in [0.05, 0.1) is 11.6 Å². The van der Waals surface area contributed by atoms with E-state index in [2.05, 4.69) is 11.4 Å². The third-order valence-corrected chi connectivity index (χ3v) is 3.37. The van der Waals surface area contributed by atoms with Gasteiger partial charge in [0.15, 0.2) is 0 Å². The van der Waals surface area contributed by atoms with Crippen LogP contribution in [0, 0.1) is 11.3 Å². The second-order valence-electron chi connectivity index (χ2n) is 3.95. The van der Waals surface area contributed by atoms with Crippen molar-refractivity contribution in [3.05, 3.63) is 54.1 Å². The van der Waals surface area contributed by atoms with Crippen molar-refractivity contribution < 1.29 is 4.79 Å². The highest BCUT2D eigenvalue weighted by molar-refractivity contribution is 7.99. The van der Waals surface area contributed by atoms with Crippen LogP contribution in [0.4, 0.5) is 5.69 Å². The zero-order valence-electron chi connectivity index (χ0n) is 10.4. The van der Waals surface area contributed by atoms with Crippen molar-refractivity contribution in [1.82, 2.24) is 0 Å². The van der Waals surface area contributed by atoms with Gasteiger partial charge in [-0.15, -0.1) is 0 Å². The summed E-state index contributed by atoms with van der Waals surface area (Å²) in [6.45, 7) is 1.48. The second-order valence-corrected chi connectivity index (χ2v) is 5.09. The minimum atomic E-state index is -0.0814. The number of hydrogen-bond donors (Lipinski definition) is 1. The Balaban J connectivity index is 2.11. The molecule has 19 heavy (non-hydrogen) atoms. The molecule has 0 radical (unpaired) electrons. The van der Waals surface area contributed by atoms with Crippen LogP contribution < -0.4 is 5.32 Å². The topological polar surface area (TPSA) is 52.9 Å². The van der Waals surface area contributed by atoms with Crippen LogP contribution >= 0.6 is 11.8 Å². The number of amides is 1. The highest BCUT2D eigenvalue weighted by Gasteiger charge is 2.00. The molecule has 1 N–H and O–H groups in total. The van der Waals surface area contributed by atoms with E-state index in [0.717, 1.165) is 15.5 Å². The van der Waals surface area contributed by atoms with Gasteiger partial charge in [0.2, 0.25) is 5.91 Å². The van der Waals surface area contributed by atoms with Gasteiger partial charge < -0.3 is 5.32 Å². The third kappa shape index (κ3) is 3.87. The molecule has 1 amide bonds. The summed E-state index contributed by atoms with van der Waals surface area (Å²) in [5.74, 6) is -0.0814. The summed E-state index contributed by atoms with van der Waals surface area (Å²) in [5, 5.41) is 11.6. The predicted octanol–water partition coefficient (Wildman–Crippen LogP) is 3.67. The first-order valence-electron chi connectivity index (χ1n) is 5.73. The average molecular weight is 268 g/mol. The van der Waals surface area contributed by atoms with Gasteiger partial charge in [-0.3, -0.25) is 4.79 Å². The maximum Gasteiger partial charge on any atom is 0.221 e. The fraction of sp³-hybridized carbons (Fsp3) is 0.0667. The van der Waals surface area contributed by atoms with Crippen molar-refractivity contribution in [2.45, 2.75) is 16.7 Å². The Kier molecular flexibility index (Phi) is 4.22. The normalized spacial score (nSPS) is 9.68. The first-order valence-corrected chi connectivity index (χ1v) is 6.55. The molecule has 2 aromatic rings. The molecule has 0 atom stereocenters. The van der Waals surface area contributed by atoms with Gasteiger partial charge in [-0.05, 0) is 42.5 Å². The molecule has 0 unspecified atom stereocenters. The van der Waals surface area contributed by atoms with Gasteiger partial charge in [0, 0.05) is 22.4 Å². The summed E-state index contributed by atoms with van der Waals surface area (Å²) in [7, 11) is 0. The van der Waals surface area contributed by atoms with Crippen molar-refractivity contribution >= 4 is 23.4 Å². The Morgan fingerprint density at radius 3 is 2.53 bits per heavy atom. The lowest BCUT2D eigenvalue weighted by Gasteiger charge is -2.04. The van der Waals surface area contributed by atoms with E-state index in [1.165, 1.54) is 6.92 Å². The lowest BCUT2D eigenvalue weighted by Crippen LogP contribution is -2.05. The van der Waals surface area contributed by atoms with Gasteiger partial charge in [0.25, 0.3) is 0 Å². The number of hydrogen-bond acceptors (Lipinski definition) is 3. The maximum atomic E-state index is 10.9. The lowest BCUT2D eigenvalue weighted by molar-refractivity contribution is -0.114. The summed E-state index contributed by atoms with van der Waals surface area (Å²) in [4.78, 5) is 13.0. The van der Waals surface area contributed by atoms with E-state index < -0.39 is 0 Å². The van der Waals surface area contributed by atoms with Crippen LogP contribution in [-0.2, 0) is 4.79 Å². The van der Waals surface area contributed by atoms with Crippen molar-refractivity contribution in [1.29, 1.82) is 5.26 Å². The molecule has 0 bridgehead atoms. The third-order valence-electron chi connectivity index (χ3n) is 2.37. The molecule has 0 heterocycles. The molecule has 0 saturated heterocycles. The van der Waals surface area contributed by atoms with E-state index >= 15 is 0 Å². The Morgan fingerprint density at radius 1 is 1.16 bits per heavy atom. The fourth-order valence-electron chi connectivity index (χ4n) is 1.57. The van der Waals surface area contributed by atoms with Gasteiger partial charge in [-0.25, -0.2) is 0 Å². The molecule has 0 saturated carbocycles. The molecule has 4 heteroatoms. The van der Waals surface area contributed by atoms with Gasteiger partial charge in [0.1, 0.15) is 0 Å². The number of nitrogens with zero attached hydrogens (tertiary/aromatic N) is 1. The van der Waals surface area contributed by atoms with Gasteiger partial charge >= 0.3 is 0 Å². The standard InChI is InChI=1S/C15H12N2OS/c1-11(18)17-13-5-7-14(8-6-13)19-15-4-2-3-12(9-15)10-16/h2-9H,1H3,(H,17,18). The van der Waals surface area contributed by atoms with Crippen LogP contribution in [0.25, 0.3) is 0 Å². The van der Waals surface area contributed by atoms with Crippen molar-refractivity contribution in [3.63, 3.8) is 0 Å². The minimum absolute atomic E-state index is 0.0814. The number of nitriles is 1. The molecule has 0 aliphatic heterocycles. The van der Waals surface area contributed by atoms with Gasteiger partial charge in [-0.1, -0.05) is 17.8 Å². The van der Waals surface area contributed by atoms with Gasteiger partial charge in [-0.2, -0.15) is 5.26 Å². The smallest absolute Gasteiger partial charge is 0.221 e. The summed E-state index contributed by atoms with van der Waals surface area (Å²) < 4.78 is 0. The van der Waals surface area contributed by atoms with E-state index in [9.17, 15) is 4.79 Å². The molecule has 2 aromatic carbocycles. The van der Waals surface area contributed by atoms with Crippen LogP contribution in [0.5, 0.6) is 0 Å². The van der Waals surface area contributed by atoms with Crippen LogP contribution in [0.1, 0.15) is 12.5 Å². The summed E-state index contributed by atoms with van der Waals surface area (Å²) in [6, 6.07) is 17.2. The fourth-order valence-corrected chi connectivity index (χ4v) is 2.45. The molecule has 0 aromatic heterocycles. The molecule has 2 rings (SSSR count). The molecule has 0 aliphatic rings. The van der Waals surface area contributed by atoms with Crippen molar-refractivity contribution in [2.75, 3.05) is 5.32 Å². The molecule has 0 aliphatic carbocycles. The first kappa shape index (κ1) is 13.2. The Morgan fingerprint density at radius 2 is 1.89 bits per heavy atom. The van der Waals surface area contributed by atoms with E-state index in [1.807, 2.05) is 42.5 Å². The van der Waals surface area contributed by atoms with Crippen molar-refractivity contribution in [2.24, 2.45) is 0 Å². The summed E-state index contributed by atoms with van der Waals surface area (Å²) in [6.07, 6.45) is 0. The van der Waals surface area contributed by atoms with Crippen LogP contribution in [0.3, 0.4) is 0 Å². The zero-order chi connectivity index (χ0) is 13.7. The Labute approximate surface area is 116 Å². The summed E-state index contributed by atoms with van der Waals surface area (Å²) in [5.41, 5.74) is 1.43. The monoisotopic (exact) mass is 268 g/mol. The number of anilines is 1. The quantitative estimate of drug-likeness (QED) is 0.924. The number of nitrogens with one attached hydrogen (secondary N) is 1. The van der Waals surface area contributed by atoms with E-state index in [-0.39, 0.29) is 5.91 Å². The molecule has 3 nitrogen and oxygen atoms in total. The number of benzene rings is 2. The molecule has 0 spiro atoms. The SMILES string of the molecule is CC(=O)Nc1ccc(Sc2cccc(C#N)c2)cc1. The highest BCUT2D eigenvalue weighted by Crippen LogP contribution is 2.28. The highest BCUT2D eigenvalue weighted by atomic mass is 32.2. The molecule has 0 fully saturated rings. The van der Waals surface area contributed by atoms with Crippen LogP contribution in [0.15, 0.2) is 58.3 Å². The molecular formula is C15H12N2OS. The van der Waals surface area contributed by atoms with E-state index in [0.29, 0.717) is 5.56 Å². The minimum Gasteiger partial charge on any atom is -0.326 e. The summed E-state index contributed by atoms with van der Waals surface area (Å²) >= 11 is 1.58. The largest absolute Gasteiger partial charge is 0.326 e. The Hall–Kier alpha value is -2.25. The number of rotatable bonds is 3. The lowest BCUT2D eigenvalue weighted by atomic mass is 10.2. The van der Waals surface area contributed by atoms with Crippen molar-refractivity contribution in [3.8, 4) is 6.07 Å². The number of carbonyl (C=O) groups excluding carboxylic acids is 1. The van der Waals surface area contributed by atoms with Crippen LogP contribution in [-0.4, -0.2) is 5.91 Å². The zero-order valence-corrected chi connectivity index (χ0v) is 11.2. The van der Waals surface area contributed by atoms with Crippen LogP contribution in [0.2, 0.25) is 0 Å². The Bertz CT molecular complexity index is 629. The number of carbonyl (C=O) groups is 1. The predicted molar refractivity (Wildman–Crippen MR) is 76.0 cm³/mol. The molecule has 94 valence electrons. The second kappa shape index (κ2) is 6.07. The maximum absolute atomic E-state index is 10.9. The average Bonchev–Trinajstić information content (AvgIpc) is 2.41.